The number of nitrogens with one attached hydrogen (secondary N) is 1. The molecule has 1 aromatic carbocycles. The van der Waals surface area contributed by atoms with E-state index in [0.717, 1.165) is 41.0 Å². The van der Waals surface area contributed by atoms with Crippen LogP contribution in [0.5, 0.6) is 5.75 Å². The van der Waals surface area contributed by atoms with Crippen molar-refractivity contribution >= 4 is 12.2 Å². The fourth-order valence-corrected chi connectivity index (χ4v) is 2.74. The molecule has 3 nitrogen and oxygen atoms in total. The van der Waals surface area contributed by atoms with Gasteiger partial charge in [-0.1, -0.05) is 24.4 Å². The second-order valence-corrected chi connectivity index (χ2v) is 4.79. The molecule has 92 valence electrons. The average Bonchev–Trinajstić information content (AvgIpc) is 2.87. The zero-order chi connectivity index (χ0) is 12.5. The average molecular weight is 258 g/mol. The number of methoxy groups -OCH3 is 1. The Hall–Kier alpha value is -1.68. The number of hydrogen-bond acceptors (Lipinski definition) is 3. The molecule has 1 heterocycles. The molecule has 0 saturated heterocycles. The van der Waals surface area contributed by atoms with Crippen molar-refractivity contribution in [2.45, 2.75) is 19.3 Å². The molecule has 1 N–H and O–H groups in total. The first-order chi connectivity index (χ1) is 8.79. The molecule has 1 aliphatic carbocycles. The summed E-state index contributed by atoms with van der Waals surface area (Å²) in [6.07, 6.45) is 3.26. The number of aromatic nitrogens is 2. The minimum Gasteiger partial charge on any atom is -0.496 e. The lowest BCUT2D eigenvalue weighted by Gasteiger charge is -2.09. The second-order valence-electron chi connectivity index (χ2n) is 4.40. The van der Waals surface area contributed by atoms with Gasteiger partial charge in [0, 0.05) is 11.3 Å². The van der Waals surface area contributed by atoms with E-state index < -0.39 is 0 Å². The third kappa shape index (κ3) is 1.82. The summed E-state index contributed by atoms with van der Waals surface area (Å²) < 4.78 is 6.09. The molecule has 0 radical (unpaired) electrons. The van der Waals surface area contributed by atoms with E-state index >= 15 is 0 Å². The summed E-state index contributed by atoms with van der Waals surface area (Å²) in [5, 5.41) is 0. The van der Waals surface area contributed by atoms with E-state index in [-0.39, 0.29) is 0 Å². The summed E-state index contributed by atoms with van der Waals surface area (Å²) in [5.41, 5.74) is 3.40. The lowest BCUT2D eigenvalue weighted by Crippen LogP contribution is -1.98. The van der Waals surface area contributed by atoms with Crippen LogP contribution in [0.4, 0.5) is 0 Å². The molecule has 18 heavy (non-hydrogen) atoms. The van der Waals surface area contributed by atoms with Crippen molar-refractivity contribution < 1.29 is 4.74 Å². The number of hydrogen-bond donors (Lipinski definition) is 1. The number of fused-ring (bicyclic) bond motifs is 1. The molecule has 3 rings (SSSR count). The quantitative estimate of drug-likeness (QED) is 0.840. The molecule has 0 aliphatic heterocycles. The molecular formula is C14H14N2OS. The van der Waals surface area contributed by atoms with Gasteiger partial charge in [-0.2, -0.15) is 0 Å². The minimum atomic E-state index is 0.724. The van der Waals surface area contributed by atoms with Crippen molar-refractivity contribution in [2.75, 3.05) is 7.11 Å². The van der Waals surface area contributed by atoms with E-state index in [1.54, 1.807) is 7.11 Å². The number of benzene rings is 1. The minimum absolute atomic E-state index is 0.724. The highest BCUT2D eigenvalue weighted by molar-refractivity contribution is 7.71. The van der Waals surface area contributed by atoms with Crippen LogP contribution in [0.3, 0.4) is 0 Å². The highest BCUT2D eigenvalue weighted by Gasteiger charge is 2.16. The van der Waals surface area contributed by atoms with Crippen LogP contribution < -0.4 is 4.74 Å². The van der Waals surface area contributed by atoms with Gasteiger partial charge in [0.25, 0.3) is 0 Å². The number of ether oxygens (including phenoxy) is 1. The molecule has 0 spiro atoms. The summed E-state index contributed by atoms with van der Waals surface area (Å²) >= 11 is 5.37. The molecule has 2 aromatic rings. The van der Waals surface area contributed by atoms with Crippen molar-refractivity contribution in [1.29, 1.82) is 0 Å². The van der Waals surface area contributed by atoms with E-state index in [1.165, 1.54) is 11.3 Å². The van der Waals surface area contributed by atoms with Crippen LogP contribution >= 0.6 is 12.2 Å². The zero-order valence-corrected chi connectivity index (χ0v) is 11.0. The van der Waals surface area contributed by atoms with Crippen molar-refractivity contribution in [3.8, 4) is 17.1 Å². The Morgan fingerprint density at radius 2 is 2.11 bits per heavy atom. The number of nitrogens with zero attached hydrogens (tertiary/aromatic N) is 1. The normalized spacial score (nSPS) is 13.4. The third-order valence-corrected chi connectivity index (χ3v) is 3.66. The number of aryl methyl sites for hydroxylation is 1. The Morgan fingerprint density at radius 1 is 1.28 bits per heavy atom. The summed E-state index contributed by atoms with van der Waals surface area (Å²) in [6.45, 7) is 0. The smallest absolute Gasteiger partial charge is 0.142 e. The van der Waals surface area contributed by atoms with Gasteiger partial charge in [-0.25, -0.2) is 4.98 Å². The monoisotopic (exact) mass is 258 g/mol. The molecule has 4 heteroatoms. The Bertz CT molecular complexity index is 648. The van der Waals surface area contributed by atoms with Crippen molar-refractivity contribution in [1.82, 2.24) is 9.97 Å². The summed E-state index contributed by atoms with van der Waals surface area (Å²) in [4.78, 5) is 7.90. The van der Waals surface area contributed by atoms with Crippen LogP contribution in [0.15, 0.2) is 24.3 Å². The predicted molar refractivity (Wildman–Crippen MR) is 73.4 cm³/mol. The van der Waals surface area contributed by atoms with Gasteiger partial charge in [0.2, 0.25) is 0 Å². The van der Waals surface area contributed by atoms with Crippen LogP contribution in [0.2, 0.25) is 0 Å². The van der Waals surface area contributed by atoms with Gasteiger partial charge in [0.15, 0.2) is 0 Å². The van der Waals surface area contributed by atoms with E-state index in [4.69, 9.17) is 17.0 Å². The molecule has 0 bridgehead atoms. The zero-order valence-electron chi connectivity index (χ0n) is 10.2. The van der Waals surface area contributed by atoms with Crippen molar-refractivity contribution in [3.05, 3.63) is 40.2 Å². The number of para-hydroxylation sites is 1. The van der Waals surface area contributed by atoms with Gasteiger partial charge in [0.1, 0.15) is 16.2 Å². The van der Waals surface area contributed by atoms with Crippen LogP contribution in [-0.4, -0.2) is 17.1 Å². The molecule has 1 aromatic heterocycles. The molecule has 0 atom stereocenters. The SMILES string of the molecule is COc1ccccc1-c1nc(=S)c2c([nH]1)CCC2. The molecule has 0 saturated carbocycles. The largest absolute Gasteiger partial charge is 0.496 e. The topological polar surface area (TPSA) is 37.9 Å². The van der Waals surface area contributed by atoms with Crippen LogP contribution in [0.25, 0.3) is 11.4 Å². The van der Waals surface area contributed by atoms with Crippen molar-refractivity contribution in [2.24, 2.45) is 0 Å². The first-order valence-corrected chi connectivity index (χ1v) is 6.46. The van der Waals surface area contributed by atoms with E-state index in [9.17, 15) is 0 Å². The molecular weight excluding hydrogens is 244 g/mol. The highest BCUT2D eigenvalue weighted by atomic mass is 32.1. The fraction of sp³-hybridized carbons (Fsp3) is 0.286. The molecule has 0 amide bonds. The van der Waals surface area contributed by atoms with Crippen molar-refractivity contribution in [3.63, 3.8) is 0 Å². The standard InChI is InChI=1S/C14H14N2OS/c1-17-12-8-3-2-5-10(12)13-15-11-7-4-6-9(11)14(18)16-13/h2-3,5,8H,4,6-7H2,1H3,(H,15,16,18). The Kier molecular flexibility index (Phi) is 2.88. The van der Waals surface area contributed by atoms with Gasteiger partial charge in [-0.3, -0.25) is 0 Å². The Morgan fingerprint density at radius 3 is 2.94 bits per heavy atom. The van der Waals surface area contributed by atoms with E-state index in [0.29, 0.717) is 0 Å². The van der Waals surface area contributed by atoms with E-state index in [2.05, 4.69) is 9.97 Å². The van der Waals surface area contributed by atoms with Crippen LogP contribution in [0, 0.1) is 4.64 Å². The number of aromatic amines is 1. The number of H-pyrrole nitrogens is 1. The number of rotatable bonds is 2. The first-order valence-electron chi connectivity index (χ1n) is 6.05. The summed E-state index contributed by atoms with van der Waals surface area (Å²) in [6, 6.07) is 7.85. The first kappa shape index (κ1) is 11.4. The Labute approximate surface area is 111 Å². The van der Waals surface area contributed by atoms with Crippen LogP contribution in [-0.2, 0) is 12.8 Å². The Balaban J connectivity index is 2.18. The lowest BCUT2D eigenvalue weighted by molar-refractivity contribution is 0.416. The fourth-order valence-electron chi connectivity index (χ4n) is 2.43. The second kappa shape index (κ2) is 4.53. The van der Waals surface area contributed by atoms with Gasteiger partial charge < -0.3 is 9.72 Å². The summed E-state index contributed by atoms with van der Waals surface area (Å²) in [5.74, 6) is 1.62. The van der Waals surface area contributed by atoms with Gasteiger partial charge >= 0.3 is 0 Å². The maximum atomic E-state index is 5.37. The molecule has 0 fully saturated rings. The van der Waals surface area contributed by atoms with E-state index in [1.807, 2.05) is 24.3 Å². The van der Waals surface area contributed by atoms with Gasteiger partial charge in [-0.05, 0) is 31.4 Å². The predicted octanol–water partition coefficient (Wildman–Crippen LogP) is 3.30. The van der Waals surface area contributed by atoms with Gasteiger partial charge in [-0.15, -0.1) is 0 Å². The highest BCUT2D eigenvalue weighted by Crippen LogP contribution is 2.29. The maximum Gasteiger partial charge on any atom is 0.142 e. The third-order valence-electron chi connectivity index (χ3n) is 3.32. The lowest BCUT2D eigenvalue weighted by atomic mass is 10.1. The molecule has 0 unspecified atom stereocenters. The van der Waals surface area contributed by atoms with Crippen LogP contribution in [0.1, 0.15) is 17.7 Å². The maximum absolute atomic E-state index is 5.37. The summed E-state index contributed by atoms with van der Waals surface area (Å²) in [7, 11) is 1.67. The van der Waals surface area contributed by atoms with Gasteiger partial charge in [0.05, 0.1) is 12.7 Å². The molecule has 1 aliphatic rings.